The number of nitrogens with one attached hydrogen (secondary N) is 1. The van der Waals surface area contributed by atoms with E-state index in [1.165, 1.54) is 12.1 Å². The Labute approximate surface area is 143 Å². The fraction of sp³-hybridized carbons (Fsp3) is 0.632. The van der Waals surface area contributed by atoms with E-state index in [1.807, 2.05) is 17.0 Å². The fourth-order valence-electron chi connectivity index (χ4n) is 3.67. The molecule has 3 rings (SSSR count). The summed E-state index contributed by atoms with van der Waals surface area (Å²) in [6.07, 6.45) is 3.76. The van der Waals surface area contributed by atoms with Crippen LogP contribution in [0.25, 0.3) is 0 Å². The van der Waals surface area contributed by atoms with Crippen LogP contribution in [0.1, 0.15) is 38.2 Å². The number of likely N-dealkylation sites (tertiary alicyclic amines) is 1. The Kier molecular flexibility index (Phi) is 5.51. The Morgan fingerprint density at radius 3 is 2.50 bits per heavy atom. The zero-order chi connectivity index (χ0) is 17.0. The molecule has 2 aliphatic rings. The molecule has 0 saturated carbocycles. The number of hydrogen-bond acceptors (Lipinski definition) is 3. The molecule has 2 aliphatic heterocycles. The molecule has 1 amide bonds. The first kappa shape index (κ1) is 17.4. The van der Waals surface area contributed by atoms with Crippen LogP contribution >= 0.6 is 0 Å². The summed E-state index contributed by atoms with van der Waals surface area (Å²) in [6.45, 7) is 5.58. The minimum Gasteiger partial charge on any atom is -0.381 e. The van der Waals surface area contributed by atoms with Gasteiger partial charge in [-0.15, -0.1) is 0 Å². The molecule has 24 heavy (non-hydrogen) atoms. The monoisotopic (exact) mass is 334 g/mol. The molecule has 0 unspecified atom stereocenters. The van der Waals surface area contributed by atoms with Crippen LogP contribution < -0.4 is 5.32 Å². The molecule has 0 bridgehead atoms. The first-order valence-electron chi connectivity index (χ1n) is 8.96. The van der Waals surface area contributed by atoms with Crippen molar-refractivity contribution in [3.63, 3.8) is 0 Å². The van der Waals surface area contributed by atoms with E-state index in [9.17, 15) is 9.18 Å². The molecule has 0 radical (unpaired) electrons. The number of nitrogens with zero attached hydrogens (tertiary/aromatic N) is 1. The van der Waals surface area contributed by atoms with Crippen LogP contribution in [0.3, 0.4) is 0 Å². The summed E-state index contributed by atoms with van der Waals surface area (Å²) in [6, 6.07) is 6.62. The number of ether oxygens (including phenoxy) is 1. The standard InChI is InChI=1S/C19H27FN2O2/c1-15-6-10-22(11-7-15)18(23)14-21-19(8-12-24-13-9-19)16-2-4-17(20)5-3-16/h2-5,15,21H,6-14H2,1H3. The van der Waals surface area contributed by atoms with E-state index in [1.54, 1.807) is 0 Å². The summed E-state index contributed by atoms with van der Waals surface area (Å²) in [7, 11) is 0. The van der Waals surface area contributed by atoms with E-state index in [4.69, 9.17) is 4.74 Å². The number of carbonyl (C=O) groups is 1. The average molecular weight is 334 g/mol. The molecule has 2 heterocycles. The van der Waals surface area contributed by atoms with Gasteiger partial charge >= 0.3 is 0 Å². The maximum Gasteiger partial charge on any atom is 0.236 e. The van der Waals surface area contributed by atoms with Gasteiger partial charge in [-0.1, -0.05) is 19.1 Å². The van der Waals surface area contributed by atoms with Crippen molar-refractivity contribution < 1.29 is 13.9 Å². The molecular formula is C19H27FN2O2. The van der Waals surface area contributed by atoms with Crippen molar-refractivity contribution in [2.24, 2.45) is 5.92 Å². The zero-order valence-electron chi connectivity index (χ0n) is 14.4. The lowest BCUT2D eigenvalue weighted by molar-refractivity contribution is -0.132. The summed E-state index contributed by atoms with van der Waals surface area (Å²) in [4.78, 5) is 14.5. The number of benzene rings is 1. The third-order valence-corrected chi connectivity index (χ3v) is 5.46. The lowest BCUT2D eigenvalue weighted by Gasteiger charge is -2.39. The lowest BCUT2D eigenvalue weighted by Crippen LogP contribution is -2.51. The summed E-state index contributed by atoms with van der Waals surface area (Å²) >= 11 is 0. The molecule has 1 aromatic rings. The lowest BCUT2D eigenvalue weighted by atomic mass is 9.82. The Morgan fingerprint density at radius 1 is 1.25 bits per heavy atom. The van der Waals surface area contributed by atoms with Gasteiger partial charge in [-0.05, 0) is 49.3 Å². The van der Waals surface area contributed by atoms with Crippen molar-refractivity contribution in [2.75, 3.05) is 32.8 Å². The minimum atomic E-state index is -0.301. The molecule has 0 spiro atoms. The Bertz CT molecular complexity index is 547. The quantitative estimate of drug-likeness (QED) is 0.920. The van der Waals surface area contributed by atoms with Crippen molar-refractivity contribution in [3.8, 4) is 0 Å². The zero-order valence-corrected chi connectivity index (χ0v) is 14.4. The van der Waals surface area contributed by atoms with Crippen LogP contribution in [-0.4, -0.2) is 43.7 Å². The molecule has 1 aromatic carbocycles. The molecule has 5 heteroatoms. The highest BCUT2D eigenvalue weighted by molar-refractivity contribution is 5.78. The molecule has 0 aromatic heterocycles. The largest absolute Gasteiger partial charge is 0.381 e. The maximum atomic E-state index is 13.3. The van der Waals surface area contributed by atoms with Crippen LogP contribution in [-0.2, 0) is 15.1 Å². The van der Waals surface area contributed by atoms with Crippen molar-refractivity contribution in [2.45, 2.75) is 38.1 Å². The number of piperidine rings is 1. The second-order valence-electron chi connectivity index (χ2n) is 7.12. The number of rotatable bonds is 4. The highest BCUT2D eigenvalue weighted by Crippen LogP contribution is 2.32. The summed E-state index contributed by atoms with van der Waals surface area (Å²) in [5.74, 6) is 0.636. The van der Waals surface area contributed by atoms with Crippen LogP contribution in [0, 0.1) is 11.7 Å². The summed E-state index contributed by atoms with van der Waals surface area (Å²) < 4.78 is 18.8. The average Bonchev–Trinajstić information content (AvgIpc) is 2.62. The molecule has 2 fully saturated rings. The smallest absolute Gasteiger partial charge is 0.236 e. The molecular weight excluding hydrogens is 307 g/mol. The topological polar surface area (TPSA) is 41.6 Å². The van der Waals surface area contributed by atoms with Gasteiger partial charge in [0.1, 0.15) is 5.82 Å². The molecule has 0 aliphatic carbocycles. The van der Waals surface area contributed by atoms with Gasteiger partial charge in [0.2, 0.25) is 5.91 Å². The summed E-state index contributed by atoms with van der Waals surface area (Å²) in [5.41, 5.74) is 0.734. The van der Waals surface area contributed by atoms with Crippen molar-refractivity contribution in [1.29, 1.82) is 0 Å². The van der Waals surface area contributed by atoms with Crippen molar-refractivity contribution in [1.82, 2.24) is 10.2 Å². The molecule has 2 saturated heterocycles. The Morgan fingerprint density at radius 2 is 1.88 bits per heavy atom. The van der Waals surface area contributed by atoms with Gasteiger partial charge in [-0.2, -0.15) is 0 Å². The van der Waals surface area contributed by atoms with E-state index in [0.717, 1.165) is 44.3 Å². The normalized spacial score (nSPS) is 21.7. The third-order valence-electron chi connectivity index (χ3n) is 5.46. The van der Waals surface area contributed by atoms with Crippen LogP contribution in [0.15, 0.2) is 24.3 Å². The predicted octanol–water partition coefficient (Wildman–Crippen LogP) is 2.68. The molecule has 132 valence electrons. The third kappa shape index (κ3) is 3.95. The SMILES string of the molecule is CC1CCN(C(=O)CNC2(c3ccc(F)cc3)CCOCC2)CC1. The fourth-order valence-corrected chi connectivity index (χ4v) is 3.67. The second-order valence-corrected chi connectivity index (χ2v) is 7.12. The van der Waals surface area contributed by atoms with Crippen LogP contribution in [0.4, 0.5) is 4.39 Å². The number of carbonyl (C=O) groups excluding carboxylic acids is 1. The number of hydrogen-bond donors (Lipinski definition) is 1. The van der Waals surface area contributed by atoms with E-state index < -0.39 is 0 Å². The first-order chi connectivity index (χ1) is 11.6. The van der Waals surface area contributed by atoms with Crippen molar-refractivity contribution in [3.05, 3.63) is 35.6 Å². The number of halogens is 1. The van der Waals surface area contributed by atoms with Crippen molar-refractivity contribution >= 4 is 5.91 Å². The Hall–Kier alpha value is -1.46. The van der Waals surface area contributed by atoms with E-state index in [-0.39, 0.29) is 17.3 Å². The van der Waals surface area contributed by atoms with Gasteiger partial charge in [-0.3, -0.25) is 10.1 Å². The van der Waals surface area contributed by atoms with Crippen LogP contribution in [0.5, 0.6) is 0 Å². The second kappa shape index (κ2) is 7.62. The van der Waals surface area contributed by atoms with Gasteiger partial charge in [0, 0.05) is 31.8 Å². The van der Waals surface area contributed by atoms with Crippen LogP contribution in [0.2, 0.25) is 0 Å². The number of amides is 1. The van der Waals surface area contributed by atoms with E-state index in [2.05, 4.69) is 12.2 Å². The van der Waals surface area contributed by atoms with Gasteiger partial charge < -0.3 is 9.64 Å². The van der Waals surface area contributed by atoms with Gasteiger partial charge in [0.05, 0.1) is 6.54 Å². The summed E-state index contributed by atoms with van der Waals surface area (Å²) in [5, 5.41) is 3.49. The molecule has 4 nitrogen and oxygen atoms in total. The molecule has 0 atom stereocenters. The maximum absolute atomic E-state index is 13.3. The first-order valence-corrected chi connectivity index (χ1v) is 8.96. The highest BCUT2D eigenvalue weighted by Gasteiger charge is 2.35. The van der Waals surface area contributed by atoms with Gasteiger partial charge in [0.15, 0.2) is 0 Å². The van der Waals surface area contributed by atoms with Gasteiger partial charge in [-0.25, -0.2) is 4.39 Å². The highest BCUT2D eigenvalue weighted by atomic mass is 19.1. The van der Waals surface area contributed by atoms with Gasteiger partial charge in [0.25, 0.3) is 0 Å². The predicted molar refractivity (Wildman–Crippen MR) is 91.1 cm³/mol. The molecule has 1 N–H and O–H groups in total. The Balaban J connectivity index is 1.66. The minimum absolute atomic E-state index is 0.162. The van der Waals surface area contributed by atoms with E-state index in [0.29, 0.717) is 25.7 Å². The van der Waals surface area contributed by atoms with E-state index >= 15 is 0 Å².